The quantitative estimate of drug-likeness (QED) is 0.773. The maximum absolute atomic E-state index is 12.8. The molecule has 0 saturated carbocycles. The Balaban J connectivity index is 2.02. The molecule has 1 aromatic rings. The first-order chi connectivity index (χ1) is 9.19. The standard InChI is InChI=1S/C16H18O2S/c17-19(18,14-9-2-1-3-10-14)16-12-6-8-13-7-4-5-11-15(13)16/h1-3,6,8-11,13,16H,4-5,7,12H2/t13-,16+/m1/s1. The first kappa shape index (κ1) is 12.7. The van der Waals surface area contributed by atoms with Crippen LogP contribution in [0.4, 0.5) is 0 Å². The topological polar surface area (TPSA) is 34.1 Å². The van der Waals surface area contributed by atoms with E-state index < -0.39 is 9.84 Å². The summed E-state index contributed by atoms with van der Waals surface area (Å²) >= 11 is 0. The SMILES string of the molecule is O=S(=O)(c1ccccc1)[C@H]1CC=C[C@H]2CCCC=C21. The highest BCUT2D eigenvalue weighted by Crippen LogP contribution is 2.38. The zero-order valence-corrected chi connectivity index (χ0v) is 11.6. The minimum atomic E-state index is -3.25. The fourth-order valence-electron chi connectivity index (χ4n) is 3.08. The molecular formula is C16H18O2S. The van der Waals surface area contributed by atoms with Crippen molar-refractivity contribution in [1.82, 2.24) is 0 Å². The normalized spacial score (nSPS) is 26.6. The zero-order chi connectivity index (χ0) is 13.3. The third kappa shape index (κ3) is 2.27. The van der Waals surface area contributed by atoms with Crippen molar-refractivity contribution in [1.29, 1.82) is 0 Å². The fourth-order valence-corrected chi connectivity index (χ4v) is 4.94. The van der Waals surface area contributed by atoms with Gasteiger partial charge in [0.05, 0.1) is 10.1 Å². The van der Waals surface area contributed by atoms with Crippen LogP contribution in [0.3, 0.4) is 0 Å². The molecule has 19 heavy (non-hydrogen) atoms. The first-order valence-corrected chi connectivity index (χ1v) is 8.40. The lowest BCUT2D eigenvalue weighted by atomic mass is 9.81. The van der Waals surface area contributed by atoms with Crippen molar-refractivity contribution in [2.45, 2.75) is 35.8 Å². The fraction of sp³-hybridized carbons (Fsp3) is 0.375. The van der Waals surface area contributed by atoms with Crippen LogP contribution in [0.15, 0.2) is 59.0 Å². The van der Waals surface area contributed by atoms with Gasteiger partial charge >= 0.3 is 0 Å². The molecule has 0 fully saturated rings. The smallest absolute Gasteiger partial charge is 0.185 e. The van der Waals surface area contributed by atoms with Gasteiger partial charge in [-0.05, 0) is 49.3 Å². The molecule has 1 aromatic carbocycles. The Labute approximate surface area is 114 Å². The first-order valence-electron chi connectivity index (χ1n) is 6.85. The van der Waals surface area contributed by atoms with Gasteiger partial charge in [-0.25, -0.2) is 8.42 Å². The Morgan fingerprint density at radius 2 is 1.89 bits per heavy atom. The summed E-state index contributed by atoms with van der Waals surface area (Å²) in [6.07, 6.45) is 10.3. The number of benzene rings is 1. The molecule has 0 saturated heterocycles. The Kier molecular flexibility index (Phi) is 3.31. The van der Waals surface area contributed by atoms with Crippen LogP contribution in [-0.4, -0.2) is 13.7 Å². The molecule has 0 aromatic heterocycles. The Bertz CT molecular complexity index is 611. The summed E-state index contributed by atoms with van der Waals surface area (Å²) in [7, 11) is -3.25. The molecule has 100 valence electrons. The highest BCUT2D eigenvalue weighted by Gasteiger charge is 2.35. The maximum atomic E-state index is 12.8. The molecule has 0 heterocycles. The lowest BCUT2D eigenvalue weighted by molar-refractivity contribution is 0.540. The average molecular weight is 274 g/mol. The summed E-state index contributed by atoms with van der Waals surface area (Å²) in [5, 5.41) is -0.356. The lowest BCUT2D eigenvalue weighted by Crippen LogP contribution is -2.30. The van der Waals surface area contributed by atoms with E-state index in [-0.39, 0.29) is 5.25 Å². The van der Waals surface area contributed by atoms with Gasteiger partial charge in [0, 0.05) is 0 Å². The van der Waals surface area contributed by atoms with E-state index >= 15 is 0 Å². The van der Waals surface area contributed by atoms with Crippen molar-refractivity contribution in [2.75, 3.05) is 0 Å². The van der Waals surface area contributed by atoms with Crippen molar-refractivity contribution in [3.63, 3.8) is 0 Å². The summed E-state index contributed by atoms with van der Waals surface area (Å²) in [4.78, 5) is 0.445. The summed E-state index contributed by atoms with van der Waals surface area (Å²) in [5.74, 6) is 0.339. The number of rotatable bonds is 2. The minimum absolute atomic E-state index is 0.339. The van der Waals surface area contributed by atoms with Gasteiger partial charge in [0.2, 0.25) is 0 Å². The number of sulfone groups is 1. The number of hydrogen-bond acceptors (Lipinski definition) is 2. The van der Waals surface area contributed by atoms with Crippen LogP contribution in [-0.2, 0) is 9.84 Å². The van der Waals surface area contributed by atoms with E-state index in [0.29, 0.717) is 17.2 Å². The highest BCUT2D eigenvalue weighted by atomic mass is 32.2. The van der Waals surface area contributed by atoms with Crippen LogP contribution in [0.1, 0.15) is 25.7 Å². The van der Waals surface area contributed by atoms with Gasteiger partial charge in [-0.15, -0.1) is 0 Å². The summed E-state index contributed by atoms with van der Waals surface area (Å²) < 4.78 is 25.5. The number of hydrogen-bond donors (Lipinski definition) is 0. The molecule has 2 aliphatic rings. The summed E-state index contributed by atoms with van der Waals surface area (Å²) in [6.45, 7) is 0. The van der Waals surface area contributed by atoms with E-state index in [1.807, 2.05) is 12.1 Å². The molecule has 2 aliphatic carbocycles. The number of allylic oxidation sites excluding steroid dienone is 3. The molecule has 0 N–H and O–H groups in total. The molecule has 0 aliphatic heterocycles. The van der Waals surface area contributed by atoms with E-state index in [2.05, 4.69) is 12.2 Å². The van der Waals surface area contributed by atoms with Gasteiger partial charge in [-0.3, -0.25) is 0 Å². The maximum Gasteiger partial charge on any atom is 0.185 e. The van der Waals surface area contributed by atoms with Gasteiger partial charge in [0.15, 0.2) is 9.84 Å². The van der Waals surface area contributed by atoms with Crippen LogP contribution in [0, 0.1) is 5.92 Å². The second kappa shape index (κ2) is 4.97. The molecule has 2 nitrogen and oxygen atoms in total. The highest BCUT2D eigenvalue weighted by molar-refractivity contribution is 7.92. The van der Waals surface area contributed by atoms with E-state index in [1.54, 1.807) is 24.3 Å². The van der Waals surface area contributed by atoms with Crippen molar-refractivity contribution >= 4 is 9.84 Å². The van der Waals surface area contributed by atoms with Gasteiger partial charge in [0.1, 0.15) is 0 Å². The molecular weight excluding hydrogens is 256 g/mol. The minimum Gasteiger partial charge on any atom is -0.223 e. The van der Waals surface area contributed by atoms with Crippen molar-refractivity contribution in [3.05, 3.63) is 54.1 Å². The molecule has 0 amide bonds. The van der Waals surface area contributed by atoms with Gasteiger partial charge in [-0.1, -0.05) is 36.4 Å². The van der Waals surface area contributed by atoms with E-state index in [4.69, 9.17) is 0 Å². The molecule has 0 spiro atoms. The van der Waals surface area contributed by atoms with Crippen LogP contribution in [0.5, 0.6) is 0 Å². The Morgan fingerprint density at radius 1 is 1.11 bits per heavy atom. The average Bonchev–Trinajstić information content (AvgIpc) is 2.47. The van der Waals surface area contributed by atoms with Crippen molar-refractivity contribution in [3.8, 4) is 0 Å². The van der Waals surface area contributed by atoms with Gasteiger partial charge < -0.3 is 0 Å². The second-order valence-corrected chi connectivity index (χ2v) is 7.38. The van der Waals surface area contributed by atoms with Gasteiger partial charge in [0.25, 0.3) is 0 Å². The van der Waals surface area contributed by atoms with E-state index in [9.17, 15) is 8.42 Å². The second-order valence-electron chi connectivity index (χ2n) is 5.25. The van der Waals surface area contributed by atoms with Crippen molar-refractivity contribution in [2.24, 2.45) is 5.92 Å². The zero-order valence-electron chi connectivity index (χ0n) is 10.8. The number of fused-ring (bicyclic) bond motifs is 1. The van der Waals surface area contributed by atoms with Gasteiger partial charge in [-0.2, -0.15) is 0 Å². The molecule has 2 atom stereocenters. The van der Waals surface area contributed by atoms with Crippen LogP contribution < -0.4 is 0 Å². The Morgan fingerprint density at radius 3 is 2.68 bits per heavy atom. The molecule has 3 rings (SSSR count). The third-order valence-electron chi connectivity index (χ3n) is 4.06. The largest absolute Gasteiger partial charge is 0.223 e. The van der Waals surface area contributed by atoms with Crippen molar-refractivity contribution < 1.29 is 8.42 Å². The van der Waals surface area contributed by atoms with E-state index in [1.165, 1.54) is 0 Å². The van der Waals surface area contributed by atoms with Crippen LogP contribution in [0.2, 0.25) is 0 Å². The Hall–Kier alpha value is -1.35. The molecule has 0 bridgehead atoms. The summed E-state index contributed by atoms with van der Waals surface area (Å²) in [5.41, 5.74) is 1.12. The predicted molar refractivity (Wildman–Crippen MR) is 76.6 cm³/mol. The third-order valence-corrected chi connectivity index (χ3v) is 6.21. The lowest BCUT2D eigenvalue weighted by Gasteiger charge is -2.31. The van der Waals surface area contributed by atoms with Crippen LogP contribution >= 0.6 is 0 Å². The molecule has 0 radical (unpaired) electrons. The molecule has 0 unspecified atom stereocenters. The van der Waals surface area contributed by atoms with Crippen LogP contribution in [0.25, 0.3) is 0 Å². The summed E-state index contributed by atoms with van der Waals surface area (Å²) in [6, 6.07) is 8.83. The van der Waals surface area contributed by atoms with E-state index in [0.717, 1.165) is 24.8 Å². The monoisotopic (exact) mass is 274 g/mol. The molecule has 3 heteroatoms. The predicted octanol–water partition coefficient (Wildman–Crippen LogP) is 3.52.